The van der Waals surface area contributed by atoms with Gasteiger partial charge in [-0.05, 0) is 25.1 Å². The number of aromatic nitrogens is 2. The lowest BCUT2D eigenvalue weighted by atomic mass is 10.1. The van der Waals surface area contributed by atoms with Gasteiger partial charge in [0.05, 0.1) is 21.7 Å². The fourth-order valence-electron chi connectivity index (χ4n) is 2.39. The molecule has 1 aromatic heterocycles. The number of anilines is 1. The second-order valence-electron chi connectivity index (χ2n) is 6.01. The lowest BCUT2D eigenvalue weighted by molar-refractivity contribution is -0.141. The number of hydrogen-bond acceptors (Lipinski definition) is 4. The summed E-state index contributed by atoms with van der Waals surface area (Å²) >= 11 is 6.86. The first-order chi connectivity index (χ1) is 13.7. The van der Waals surface area contributed by atoms with Gasteiger partial charge in [0, 0.05) is 5.56 Å². The molecule has 3 rings (SSSR count). The van der Waals surface area contributed by atoms with E-state index in [9.17, 15) is 18.0 Å². The number of para-hydroxylation sites is 1. The molecule has 1 N–H and O–H groups in total. The highest BCUT2D eigenvalue weighted by Crippen LogP contribution is 2.33. The lowest BCUT2D eigenvalue weighted by Crippen LogP contribution is -2.23. The zero-order chi connectivity index (χ0) is 21.0. The average Bonchev–Trinajstić information content (AvgIpc) is 2.69. The molecule has 0 aliphatic rings. The molecule has 0 bridgehead atoms. The highest BCUT2D eigenvalue weighted by molar-refractivity contribution is 8.00. The van der Waals surface area contributed by atoms with Gasteiger partial charge in [0.15, 0.2) is 5.16 Å². The molecule has 0 saturated carbocycles. The second-order valence-corrected chi connectivity index (χ2v) is 7.73. The standard InChI is InChI=1S/C20H15ClF3N3OS/c1-12(18(28)25-15-10-6-5-9-14(15)21)29-19-26-16(13-7-3-2-4-8-13)11-17(27-19)20(22,23)24/h2-12H,1H3,(H,25,28). The van der Waals surface area contributed by atoms with E-state index in [0.717, 1.165) is 17.8 Å². The molecule has 3 aromatic rings. The Morgan fingerprint density at radius 1 is 1.07 bits per heavy atom. The number of rotatable bonds is 5. The fourth-order valence-corrected chi connectivity index (χ4v) is 3.36. The summed E-state index contributed by atoms with van der Waals surface area (Å²) < 4.78 is 39.9. The van der Waals surface area contributed by atoms with Gasteiger partial charge in [-0.25, -0.2) is 9.97 Å². The number of carbonyl (C=O) groups excluding carboxylic acids is 1. The molecule has 0 spiro atoms. The molecular formula is C20H15ClF3N3OS. The number of carbonyl (C=O) groups is 1. The Balaban J connectivity index is 1.85. The van der Waals surface area contributed by atoms with Crippen molar-refractivity contribution >= 4 is 35.0 Å². The fraction of sp³-hybridized carbons (Fsp3) is 0.150. The van der Waals surface area contributed by atoms with Gasteiger partial charge in [0.25, 0.3) is 0 Å². The SMILES string of the molecule is CC(Sc1nc(-c2ccccc2)cc(C(F)(F)F)n1)C(=O)Nc1ccccc1Cl. The van der Waals surface area contributed by atoms with Gasteiger partial charge in [-0.1, -0.05) is 65.8 Å². The highest BCUT2D eigenvalue weighted by Gasteiger charge is 2.34. The normalized spacial score (nSPS) is 12.4. The summed E-state index contributed by atoms with van der Waals surface area (Å²) in [6.07, 6.45) is -4.63. The summed E-state index contributed by atoms with van der Waals surface area (Å²) in [6.45, 7) is 1.56. The Kier molecular flexibility index (Phi) is 6.44. The van der Waals surface area contributed by atoms with Crippen LogP contribution in [0.15, 0.2) is 65.8 Å². The zero-order valence-electron chi connectivity index (χ0n) is 15.1. The van der Waals surface area contributed by atoms with E-state index < -0.39 is 23.0 Å². The quantitative estimate of drug-likeness (QED) is 0.396. The minimum absolute atomic E-state index is 0.133. The van der Waals surface area contributed by atoms with Crippen molar-refractivity contribution < 1.29 is 18.0 Å². The van der Waals surface area contributed by atoms with E-state index in [4.69, 9.17) is 11.6 Å². The Hall–Kier alpha value is -2.58. The first kappa shape index (κ1) is 21.1. The number of benzene rings is 2. The van der Waals surface area contributed by atoms with Gasteiger partial charge in [-0.15, -0.1) is 0 Å². The van der Waals surface area contributed by atoms with E-state index in [1.54, 1.807) is 61.5 Å². The second kappa shape index (κ2) is 8.84. The highest BCUT2D eigenvalue weighted by atomic mass is 35.5. The van der Waals surface area contributed by atoms with Crippen LogP contribution in [-0.4, -0.2) is 21.1 Å². The Labute approximate surface area is 174 Å². The summed E-state index contributed by atoms with van der Waals surface area (Å²) in [5, 5.41) is 2.12. The minimum Gasteiger partial charge on any atom is -0.324 e. The predicted molar refractivity (Wildman–Crippen MR) is 108 cm³/mol. The largest absolute Gasteiger partial charge is 0.433 e. The van der Waals surface area contributed by atoms with Crippen LogP contribution in [0.25, 0.3) is 11.3 Å². The van der Waals surface area contributed by atoms with Crippen LogP contribution in [0.1, 0.15) is 12.6 Å². The molecule has 1 unspecified atom stereocenters. The van der Waals surface area contributed by atoms with Crippen LogP contribution in [-0.2, 0) is 11.0 Å². The molecule has 0 fully saturated rings. The number of amides is 1. The maximum absolute atomic E-state index is 13.3. The van der Waals surface area contributed by atoms with E-state index in [0.29, 0.717) is 16.3 Å². The maximum atomic E-state index is 13.3. The zero-order valence-corrected chi connectivity index (χ0v) is 16.6. The smallest absolute Gasteiger partial charge is 0.324 e. The molecule has 9 heteroatoms. The monoisotopic (exact) mass is 437 g/mol. The van der Waals surface area contributed by atoms with Crippen molar-refractivity contribution in [2.45, 2.75) is 23.5 Å². The third-order valence-electron chi connectivity index (χ3n) is 3.85. The lowest BCUT2D eigenvalue weighted by Gasteiger charge is -2.14. The number of nitrogens with zero attached hydrogens (tertiary/aromatic N) is 2. The Bertz CT molecular complexity index is 1020. The van der Waals surface area contributed by atoms with Crippen LogP contribution in [0, 0.1) is 0 Å². The third-order valence-corrected chi connectivity index (χ3v) is 5.14. The van der Waals surface area contributed by atoms with Crippen molar-refractivity contribution in [2.24, 2.45) is 0 Å². The molecule has 29 heavy (non-hydrogen) atoms. The number of thioether (sulfide) groups is 1. The van der Waals surface area contributed by atoms with Crippen molar-refractivity contribution in [1.29, 1.82) is 0 Å². The first-order valence-electron chi connectivity index (χ1n) is 8.48. The Morgan fingerprint density at radius 3 is 2.38 bits per heavy atom. The number of halogens is 4. The van der Waals surface area contributed by atoms with Crippen LogP contribution < -0.4 is 5.32 Å². The Morgan fingerprint density at radius 2 is 1.72 bits per heavy atom. The maximum Gasteiger partial charge on any atom is 0.433 e. The molecule has 0 aliphatic carbocycles. The summed E-state index contributed by atoms with van der Waals surface area (Å²) in [7, 11) is 0. The molecule has 1 atom stereocenters. The van der Waals surface area contributed by atoms with E-state index >= 15 is 0 Å². The van der Waals surface area contributed by atoms with Crippen molar-refractivity contribution in [3.63, 3.8) is 0 Å². The van der Waals surface area contributed by atoms with E-state index in [1.807, 2.05) is 0 Å². The molecular weight excluding hydrogens is 423 g/mol. The van der Waals surface area contributed by atoms with Crippen LogP contribution in [0.2, 0.25) is 5.02 Å². The van der Waals surface area contributed by atoms with Crippen LogP contribution in [0.5, 0.6) is 0 Å². The van der Waals surface area contributed by atoms with Crippen molar-refractivity contribution in [3.8, 4) is 11.3 Å². The summed E-state index contributed by atoms with van der Waals surface area (Å²) in [5.41, 5.74) is 0.0127. The average molecular weight is 438 g/mol. The van der Waals surface area contributed by atoms with Gasteiger partial charge >= 0.3 is 6.18 Å². The van der Waals surface area contributed by atoms with Gasteiger partial charge < -0.3 is 5.32 Å². The van der Waals surface area contributed by atoms with Gasteiger partial charge in [-0.2, -0.15) is 13.2 Å². The molecule has 0 aliphatic heterocycles. The van der Waals surface area contributed by atoms with Crippen LogP contribution >= 0.6 is 23.4 Å². The van der Waals surface area contributed by atoms with Gasteiger partial charge in [0.2, 0.25) is 5.91 Å². The predicted octanol–water partition coefficient (Wildman–Crippen LogP) is 5.94. The molecule has 1 amide bonds. The molecule has 150 valence electrons. The molecule has 0 saturated heterocycles. The van der Waals surface area contributed by atoms with Crippen molar-refractivity contribution in [3.05, 3.63) is 71.4 Å². The topological polar surface area (TPSA) is 54.9 Å². The summed E-state index contributed by atoms with van der Waals surface area (Å²) in [5.74, 6) is -0.426. The number of nitrogens with one attached hydrogen (secondary N) is 1. The van der Waals surface area contributed by atoms with Gasteiger partial charge in [-0.3, -0.25) is 4.79 Å². The van der Waals surface area contributed by atoms with Crippen molar-refractivity contribution in [2.75, 3.05) is 5.32 Å². The number of hydrogen-bond donors (Lipinski definition) is 1. The van der Waals surface area contributed by atoms with E-state index in [1.165, 1.54) is 0 Å². The van der Waals surface area contributed by atoms with Gasteiger partial charge in [0.1, 0.15) is 5.69 Å². The summed E-state index contributed by atoms with van der Waals surface area (Å²) in [4.78, 5) is 20.2. The minimum atomic E-state index is -4.63. The number of alkyl halides is 3. The molecule has 2 aromatic carbocycles. The van der Waals surface area contributed by atoms with E-state index in [2.05, 4.69) is 15.3 Å². The first-order valence-corrected chi connectivity index (χ1v) is 9.73. The van der Waals surface area contributed by atoms with Crippen LogP contribution in [0.4, 0.5) is 18.9 Å². The molecule has 1 heterocycles. The van der Waals surface area contributed by atoms with E-state index in [-0.39, 0.29) is 10.9 Å². The molecule has 4 nitrogen and oxygen atoms in total. The summed E-state index contributed by atoms with van der Waals surface area (Å²) in [6, 6.07) is 16.1. The molecule has 0 radical (unpaired) electrons. The van der Waals surface area contributed by atoms with Crippen LogP contribution in [0.3, 0.4) is 0 Å². The third kappa shape index (κ3) is 5.48. The van der Waals surface area contributed by atoms with Crippen molar-refractivity contribution in [1.82, 2.24) is 9.97 Å².